The van der Waals surface area contributed by atoms with E-state index >= 15 is 0 Å². The molecule has 2 aromatic carbocycles. The van der Waals surface area contributed by atoms with Gasteiger partial charge in [0.2, 0.25) is 0 Å². The number of esters is 1. The molecule has 4 nitrogen and oxygen atoms in total. The lowest BCUT2D eigenvalue weighted by molar-refractivity contribution is -0.160. The molecule has 0 aromatic heterocycles. The third-order valence-corrected chi connectivity index (χ3v) is 3.58. The summed E-state index contributed by atoms with van der Waals surface area (Å²) < 4.78 is 16.6. The zero-order chi connectivity index (χ0) is 18.1. The Morgan fingerprint density at radius 3 is 2.24 bits per heavy atom. The molecule has 1 atom stereocenters. The van der Waals surface area contributed by atoms with Gasteiger partial charge < -0.3 is 14.2 Å². The summed E-state index contributed by atoms with van der Waals surface area (Å²) in [7, 11) is 0. The second-order valence-electron chi connectivity index (χ2n) is 6.05. The molecule has 0 saturated heterocycles. The third kappa shape index (κ3) is 6.59. The van der Waals surface area contributed by atoms with Crippen LogP contribution in [-0.4, -0.2) is 24.8 Å². The van der Waals surface area contributed by atoms with Crippen LogP contribution in [0.3, 0.4) is 0 Å². The van der Waals surface area contributed by atoms with Gasteiger partial charge in [-0.3, -0.25) is 0 Å². The molecule has 0 amide bonds. The van der Waals surface area contributed by atoms with Crippen molar-refractivity contribution < 1.29 is 19.0 Å². The van der Waals surface area contributed by atoms with Crippen LogP contribution in [0, 0.1) is 0 Å². The minimum Gasteiger partial charge on any atom is -0.489 e. The van der Waals surface area contributed by atoms with Gasteiger partial charge in [-0.05, 0) is 44.0 Å². The van der Waals surface area contributed by atoms with E-state index in [0.29, 0.717) is 19.6 Å². The topological polar surface area (TPSA) is 44.8 Å². The molecule has 0 N–H and O–H groups in total. The first-order valence-corrected chi connectivity index (χ1v) is 8.66. The number of ether oxygens (including phenoxy) is 3. The van der Waals surface area contributed by atoms with Gasteiger partial charge in [-0.2, -0.15) is 0 Å². The summed E-state index contributed by atoms with van der Waals surface area (Å²) in [6.07, 6.45) is -0.244. The molecule has 134 valence electrons. The van der Waals surface area contributed by atoms with Crippen LogP contribution in [-0.2, 0) is 27.3 Å². The summed E-state index contributed by atoms with van der Waals surface area (Å²) in [5, 5.41) is 0. The van der Waals surface area contributed by atoms with Gasteiger partial charge in [0.25, 0.3) is 0 Å². The average Bonchev–Trinajstić information content (AvgIpc) is 2.61. The molecule has 2 rings (SSSR count). The highest BCUT2D eigenvalue weighted by Gasteiger charge is 2.21. The van der Waals surface area contributed by atoms with E-state index in [1.54, 1.807) is 0 Å². The van der Waals surface area contributed by atoms with Crippen LogP contribution in [0.25, 0.3) is 0 Å². The monoisotopic (exact) mass is 342 g/mol. The van der Waals surface area contributed by atoms with Gasteiger partial charge in [0.05, 0.1) is 6.10 Å². The maximum atomic E-state index is 12.1. The molecule has 0 radical (unpaired) electrons. The van der Waals surface area contributed by atoms with Gasteiger partial charge >= 0.3 is 5.97 Å². The van der Waals surface area contributed by atoms with Crippen LogP contribution in [0.15, 0.2) is 54.6 Å². The standard InChI is InChI=1S/C21H26O4/c1-4-23-20(21(22)25-16(2)3)14-17-10-12-19(13-11-17)24-15-18-8-6-5-7-9-18/h5-13,16,20H,4,14-15H2,1-3H3/t20-/m0/s1. The number of rotatable bonds is 9. The van der Waals surface area contributed by atoms with Crippen LogP contribution in [0.2, 0.25) is 0 Å². The Hall–Kier alpha value is -2.33. The van der Waals surface area contributed by atoms with Crippen LogP contribution in [0.5, 0.6) is 5.75 Å². The van der Waals surface area contributed by atoms with Gasteiger partial charge in [-0.25, -0.2) is 4.79 Å². The molecule has 2 aromatic rings. The highest BCUT2D eigenvalue weighted by Crippen LogP contribution is 2.16. The number of carbonyl (C=O) groups is 1. The molecule has 0 fully saturated rings. The molecule has 0 unspecified atom stereocenters. The maximum absolute atomic E-state index is 12.1. The molecule has 0 heterocycles. The Bertz CT molecular complexity index is 635. The normalized spacial score (nSPS) is 12.0. The molecule has 0 aliphatic heterocycles. The van der Waals surface area contributed by atoms with Crippen molar-refractivity contribution in [2.75, 3.05) is 6.61 Å². The van der Waals surface area contributed by atoms with Gasteiger partial charge in [-0.1, -0.05) is 42.5 Å². The molecular formula is C21H26O4. The zero-order valence-corrected chi connectivity index (χ0v) is 15.1. The van der Waals surface area contributed by atoms with E-state index in [2.05, 4.69) is 0 Å². The maximum Gasteiger partial charge on any atom is 0.335 e. The Morgan fingerprint density at radius 1 is 0.960 bits per heavy atom. The fourth-order valence-electron chi connectivity index (χ4n) is 2.40. The van der Waals surface area contributed by atoms with E-state index < -0.39 is 6.10 Å². The summed E-state index contributed by atoms with van der Waals surface area (Å²) >= 11 is 0. The Morgan fingerprint density at radius 2 is 1.64 bits per heavy atom. The number of hydrogen-bond donors (Lipinski definition) is 0. The lowest BCUT2D eigenvalue weighted by Crippen LogP contribution is -2.30. The van der Waals surface area contributed by atoms with E-state index in [-0.39, 0.29) is 12.1 Å². The van der Waals surface area contributed by atoms with Gasteiger partial charge in [-0.15, -0.1) is 0 Å². The molecule has 0 bridgehead atoms. The van der Waals surface area contributed by atoms with Crippen molar-refractivity contribution in [3.63, 3.8) is 0 Å². The van der Waals surface area contributed by atoms with E-state index in [1.807, 2.05) is 75.4 Å². The largest absolute Gasteiger partial charge is 0.489 e. The van der Waals surface area contributed by atoms with Crippen molar-refractivity contribution >= 4 is 5.97 Å². The lowest BCUT2D eigenvalue weighted by atomic mass is 10.1. The second-order valence-corrected chi connectivity index (χ2v) is 6.05. The number of carbonyl (C=O) groups excluding carboxylic acids is 1. The smallest absolute Gasteiger partial charge is 0.335 e. The molecule has 0 aliphatic carbocycles. The Kier molecular flexibility index (Phi) is 7.48. The summed E-state index contributed by atoms with van der Waals surface area (Å²) in [5.74, 6) is 0.478. The second kappa shape index (κ2) is 9.84. The molecule has 0 saturated carbocycles. The van der Waals surface area contributed by atoms with Crippen molar-refractivity contribution in [1.82, 2.24) is 0 Å². The molecule has 4 heteroatoms. The predicted octanol–water partition coefficient (Wildman–Crippen LogP) is 4.16. The van der Waals surface area contributed by atoms with Crippen molar-refractivity contribution in [1.29, 1.82) is 0 Å². The summed E-state index contributed by atoms with van der Waals surface area (Å²) in [5.41, 5.74) is 2.13. The van der Waals surface area contributed by atoms with Crippen LogP contribution in [0.4, 0.5) is 0 Å². The van der Waals surface area contributed by atoms with Crippen molar-refractivity contribution in [2.24, 2.45) is 0 Å². The zero-order valence-electron chi connectivity index (χ0n) is 15.1. The van der Waals surface area contributed by atoms with E-state index in [9.17, 15) is 4.79 Å². The fourth-order valence-corrected chi connectivity index (χ4v) is 2.40. The SMILES string of the molecule is CCO[C@@H](Cc1ccc(OCc2ccccc2)cc1)C(=O)OC(C)C. The van der Waals surface area contributed by atoms with E-state index in [0.717, 1.165) is 16.9 Å². The minimum absolute atomic E-state index is 0.149. The summed E-state index contributed by atoms with van der Waals surface area (Å²) in [4.78, 5) is 12.1. The van der Waals surface area contributed by atoms with Crippen LogP contribution >= 0.6 is 0 Å². The quantitative estimate of drug-likeness (QED) is 0.642. The van der Waals surface area contributed by atoms with E-state index in [1.165, 1.54) is 0 Å². The minimum atomic E-state index is -0.580. The van der Waals surface area contributed by atoms with Crippen molar-refractivity contribution in [2.45, 2.75) is 46.0 Å². The number of benzene rings is 2. The first-order valence-electron chi connectivity index (χ1n) is 8.66. The Labute approximate surface area is 149 Å². The van der Waals surface area contributed by atoms with Gasteiger partial charge in [0, 0.05) is 13.0 Å². The third-order valence-electron chi connectivity index (χ3n) is 3.58. The highest BCUT2D eigenvalue weighted by molar-refractivity contribution is 5.75. The summed E-state index contributed by atoms with van der Waals surface area (Å²) in [6.45, 7) is 6.54. The predicted molar refractivity (Wildman–Crippen MR) is 97.6 cm³/mol. The molecule has 0 aliphatic rings. The number of hydrogen-bond acceptors (Lipinski definition) is 4. The molecular weight excluding hydrogens is 316 g/mol. The first kappa shape index (κ1) is 19.0. The van der Waals surface area contributed by atoms with Crippen LogP contribution in [0.1, 0.15) is 31.9 Å². The van der Waals surface area contributed by atoms with Crippen molar-refractivity contribution in [3.8, 4) is 5.75 Å². The first-order chi connectivity index (χ1) is 12.1. The summed E-state index contributed by atoms with van der Waals surface area (Å²) in [6, 6.07) is 17.8. The fraction of sp³-hybridized carbons (Fsp3) is 0.381. The Balaban J connectivity index is 1.92. The highest BCUT2D eigenvalue weighted by atomic mass is 16.6. The van der Waals surface area contributed by atoms with Gasteiger partial charge in [0.15, 0.2) is 6.10 Å². The average molecular weight is 342 g/mol. The van der Waals surface area contributed by atoms with E-state index in [4.69, 9.17) is 14.2 Å². The lowest BCUT2D eigenvalue weighted by Gasteiger charge is -2.18. The van der Waals surface area contributed by atoms with Crippen molar-refractivity contribution in [3.05, 3.63) is 65.7 Å². The van der Waals surface area contributed by atoms with Crippen LogP contribution < -0.4 is 4.74 Å². The molecule has 0 spiro atoms. The molecule has 25 heavy (non-hydrogen) atoms. The van der Waals surface area contributed by atoms with Gasteiger partial charge in [0.1, 0.15) is 12.4 Å².